The van der Waals surface area contributed by atoms with Crippen molar-refractivity contribution in [3.63, 3.8) is 0 Å². The van der Waals surface area contributed by atoms with Gasteiger partial charge in [0.25, 0.3) is 0 Å². The van der Waals surface area contributed by atoms with Gasteiger partial charge in [-0.2, -0.15) is 4.98 Å². The first kappa shape index (κ1) is 12.7. The van der Waals surface area contributed by atoms with Crippen LogP contribution in [0.2, 0.25) is 10.2 Å². The van der Waals surface area contributed by atoms with Gasteiger partial charge < -0.3 is 15.2 Å². The molecule has 1 heterocycles. The molecule has 2 rings (SSSR count). The third-order valence-electron chi connectivity index (χ3n) is 2.09. The Morgan fingerprint density at radius 1 is 1.22 bits per heavy atom. The van der Waals surface area contributed by atoms with E-state index in [1.165, 1.54) is 6.20 Å². The number of aromatic nitrogens is 2. The summed E-state index contributed by atoms with van der Waals surface area (Å²) < 4.78 is 10.6. The monoisotopic (exact) mass is 285 g/mol. The highest BCUT2D eigenvalue weighted by Crippen LogP contribution is 2.34. The van der Waals surface area contributed by atoms with Crippen LogP contribution in [0, 0.1) is 0 Å². The summed E-state index contributed by atoms with van der Waals surface area (Å²) in [5.41, 5.74) is 5.39. The van der Waals surface area contributed by atoms with E-state index in [0.717, 1.165) is 0 Å². The van der Waals surface area contributed by atoms with Crippen molar-refractivity contribution in [1.29, 1.82) is 0 Å². The zero-order valence-corrected chi connectivity index (χ0v) is 10.9. The van der Waals surface area contributed by atoms with Crippen LogP contribution >= 0.6 is 23.2 Å². The fourth-order valence-electron chi connectivity index (χ4n) is 1.24. The molecule has 5 nitrogen and oxygen atoms in total. The van der Waals surface area contributed by atoms with Crippen LogP contribution < -0.4 is 15.2 Å². The molecule has 2 aromatic rings. The standard InChI is InChI=1S/C11H9Cl2N3O2/c1-17-6-2-3-7(12)8(4-6)18-9-5-15-11(14)16-10(9)13/h2-5H,1H3,(H2,14,15,16). The Morgan fingerprint density at radius 3 is 2.67 bits per heavy atom. The Morgan fingerprint density at radius 2 is 2.00 bits per heavy atom. The van der Waals surface area contributed by atoms with Crippen molar-refractivity contribution in [2.24, 2.45) is 0 Å². The quantitative estimate of drug-likeness (QED) is 0.877. The van der Waals surface area contributed by atoms with Gasteiger partial charge in [-0.25, -0.2) is 4.98 Å². The van der Waals surface area contributed by atoms with E-state index in [2.05, 4.69) is 9.97 Å². The molecule has 0 aliphatic heterocycles. The number of benzene rings is 1. The van der Waals surface area contributed by atoms with Crippen LogP contribution in [0.5, 0.6) is 17.2 Å². The van der Waals surface area contributed by atoms with Crippen molar-refractivity contribution in [2.75, 3.05) is 12.8 Å². The molecule has 0 atom stereocenters. The third-order valence-corrected chi connectivity index (χ3v) is 2.67. The minimum Gasteiger partial charge on any atom is -0.497 e. The number of nitrogens with two attached hydrogens (primary N) is 1. The highest BCUT2D eigenvalue weighted by atomic mass is 35.5. The summed E-state index contributed by atoms with van der Waals surface area (Å²) in [5, 5.41) is 0.532. The van der Waals surface area contributed by atoms with Crippen LogP contribution in [-0.4, -0.2) is 17.1 Å². The van der Waals surface area contributed by atoms with Crippen LogP contribution in [0.1, 0.15) is 0 Å². The maximum atomic E-state index is 6.00. The Labute approximate surface area is 113 Å². The van der Waals surface area contributed by atoms with Gasteiger partial charge >= 0.3 is 0 Å². The van der Waals surface area contributed by atoms with Gasteiger partial charge in [-0.15, -0.1) is 0 Å². The largest absolute Gasteiger partial charge is 0.497 e. The molecule has 0 unspecified atom stereocenters. The number of methoxy groups -OCH3 is 1. The van der Waals surface area contributed by atoms with Gasteiger partial charge in [-0.05, 0) is 12.1 Å². The van der Waals surface area contributed by atoms with Crippen molar-refractivity contribution in [2.45, 2.75) is 0 Å². The summed E-state index contributed by atoms with van der Waals surface area (Å²) in [6.07, 6.45) is 1.38. The van der Waals surface area contributed by atoms with E-state index in [9.17, 15) is 0 Å². The van der Waals surface area contributed by atoms with E-state index in [-0.39, 0.29) is 16.9 Å². The van der Waals surface area contributed by atoms with Crippen molar-refractivity contribution in [3.8, 4) is 17.2 Å². The summed E-state index contributed by atoms with van der Waals surface area (Å²) in [4.78, 5) is 7.57. The zero-order chi connectivity index (χ0) is 13.1. The fourth-order valence-corrected chi connectivity index (χ4v) is 1.57. The molecule has 94 valence electrons. The van der Waals surface area contributed by atoms with E-state index in [4.69, 9.17) is 38.4 Å². The molecular weight excluding hydrogens is 277 g/mol. The topological polar surface area (TPSA) is 70.3 Å². The van der Waals surface area contributed by atoms with Gasteiger partial charge in [0, 0.05) is 6.07 Å². The lowest BCUT2D eigenvalue weighted by Gasteiger charge is -2.09. The second-order valence-corrected chi connectivity index (χ2v) is 4.05. The first-order valence-electron chi connectivity index (χ1n) is 4.89. The van der Waals surface area contributed by atoms with Gasteiger partial charge in [-0.3, -0.25) is 0 Å². The number of ether oxygens (including phenoxy) is 2. The van der Waals surface area contributed by atoms with Gasteiger partial charge in [0.05, 0.1) is 18.3 Å². The van der Waals surface area contributed by atoms with E-state index in [1.54, 1.807) is 25.3 Å². The Kier molecular flexibility index (Phi) is 3.74. The lowest BCUT2D eigenvalue weighted by atomic mass is 10.3. The van der Waals surface area contributed by atoms with Crippen molar-refractivity contribution in [1.82, 2.24) is 9.97 Å². The Hall–Kier alpha value is -1.72. The van der Waals surface area contributed by atoms with Gasteiger partial charge in [0.2, 0.25) is 5.95 Å². The SMILES string of the molecule is COc1ccc(Cl)c(Oc2cnc(N)nc2Cl)c1. The highest BCUT2D eigenvalue weighted by Gasteiger charge is 2.10. The number of halogens is 2. The zero-order valence-electron chi connectivity index (χ0n) is 9.35. The second kappa shape index (κ2) is 5.29. The number of anilines is 1. The molecule has 1 aromatic carbocycles. The maximum Gasteiger partial charge on any atom is 0.221 e. The summed E-state index contributed by atoms with van der Waals surface area (Å²) in [6.45, 7) is 0. The Balaban J connectivity index is 2.33. The van der Waals surface area contributed by atoms with Crippen LogP contribution in [0.3, 0.4) is 0 Å². The maximum absolute atomic E-state index is 6.00. The molecule has 0 aliphatic carbocycles. The van der Waals surface area contributed by atoms with Gasteiger partial charge in [0.1, 0.15) is 11.5 Å². The molecule has 0 amide bonds. The fraction of sp³-hybridized carbons (Fsp3) is 0.0909. The minimum atomic E-state index is 0.0732. The Bertz CT molecular complexity index is 578. The first-order chi connectivity index (χ1) is 8.60. The van der Waals surface area contributed by atoms with Crippen molar-refractivity contribution < 1.29 is 9.47 Å². The lowest BCUT2D eigenvalue weighted by molar-refractivity contribution is 0.409. The second-order valence-electron chi connectivity index (χ2n) is 3.28. The molecule has 0 fully saturated rings. The molecular formula is C11H9Cl2N3O2. The van der Waals surface area contributed by atoms with Crippen molar-refractivity contribution in [3.05, 3.63) is 34.6 Å². The summed E-state index contributed by atoms with van der Waals surface area (Å²) in [5.74, 6) is 1.35. The number of hydrogen-bond donors (Lipinski definition) is 1. The molecule has 0 aliphatic rings. The molecule has 0 radical (unpaired) electrons. The minimum absolute atomic E-state index is 0.0732. The smallest absolute Gasteiger partial charge is 0.221 e. The predicted octanol–water partition coefficient (Wildman–Crippen LogP) is 3.17. The first-order valence-corrected chi connectivity index (χ1v) is 5.65. The van der Waals surface area contributed by atoms with E-state index < -0.39 is 0 Å². The lowest BCUT2D eigenvalue weighted by Crippen LogP contribution is -1.96. The molecule has 7 heteroatoms. The summed E-state index contributed by atoms with van der Waals surface area (Å²) in [7, 11) is 1.55. The van der Waals surface area contributed by atoms with E-state index in [0.29, 0.717) is 16.5 Å². The molecule has 0 saturated heterocycles. The third kappa shape index (κ3) is 2.75. The van der Waals surface area contributed by atoms with Gasteiger partial charge in [0.15, 0.2) is 10.9 Å². The number of rotatable bonds is 3. The predicted molar refractivity (Wildman–Crippen MR) is 69.5 cm³/mol. The van der Waals surface area contributed by atoms with Crippen LogP contribution in [0.4, 0.5) is 5.95 Å². The molecule has 0 bridgehead atoms. The number of hydrogen-bond acceptors (Lipinski definition) is 5. The van der Waals surface area contributed by atoms with Crippen LogP contribution in [0.25, 0.3) is 0 Å². The molecule has 0 spiro atoms. The summed E-state index contributed by atoms with van der Waals surface area (Å²) in [6, 6.07) is 5.01. The van der Waals surface area contributed by atoms with Crippen LogP contribution in [-0.2, 0) is 0 Å². The van der Waals surface area contributed by atoms with Crippen molar-refractivity contribution >= 4 is 29.2 Å². The average molecular weight is 286 g/mol. The molecule has 0 saturated carbocycles. The average Bonchev–Trinajstić information content (AvgIpc) is 2.35. The molecule has 18 heavy (non-hydrogen) atoms. The summed E-state index contributed by atoms with van der Waals surface area (Å²) >= 11 is 11.9. The number of nitrogen functional groups attached to an aromatic ring is 1. The van der Waals surface area contributed by atoms with E-state index >= 15 is 0 Å². The number of nitrogens with zero attached hydrogens (tertiary/aromatic N) is 2. The van der Waals surface area contributed by atoms with Crippen LogP contribution in [0.15, 0.2) is 24.4 Å². The van der Waals surface area contributed by atoms with E-state index in [1.807, 2.05) is 0 Å². The highest BCUT2D eigenvalue weighted by molar-refractivity contribution is 6.32. The normalized spacial score (nSPS) is 10.2. The molecule has 2 N–H and O–H groups in total. The van der Waals surface area contributed by atoms with Gasteiger partial charge in [-0.1, -0.05) is 23.2 Å². The molecule has 1 aromatic heterocycles.